The van der Waals surface area contributed by atoms with Crippen LogP contribution in [0, 0.1) is 0 Å². The highest BCUT2D eigenvalue weighted by Crippen LogP contribution is 2.31. The van der Waals surface area contributed by atoms with E-state index in [4.69, 9.17) is 4.74 Å². The van der Waals surface area contributed by atoms with Gasteiger partial charge in [0.1, 0.15) is 11.9 Å². The van der Waals surface area contributed by atoms with Crippen molar-refractivity contribution in [2.24, 2.45) is 0 Å². The molecule has 0 bridgehead atoms. The smallest absolute Gasteiger partial charge is 0.128 e. The van der Waals surface area contributed by atoms with Gasteiger partial charge in [-0.25, -0.2) is 4.39 Å². The van der Waals surface area contributed by atoms with Crippen LogP contribution in [0.3, 0.4) is 0 Å². The molecule has 2 unspecified atom stereocenters. The van der Waals surface area contributed by atoms with E-state index >= 15 is 0 Å². The van der Waals surface area contributed by atoms with Crippen molar-refractivity contribution in [1.82, 2.24) is 0 Å². The van der Waals surface area contributed by atoms with E-state index in [1.807, 2.05) is 6.07 Å². The molecule has 0 aliphatic rings. The normalized spacial score (nSPS) is 14.7. The lowest BCUT2D eigenvalue weighted by Gasteiger charge is -2.15. The summed E-state index contributed by atoms with van der Waals surface area (Å²) < 4.78 is 18.4. The Morgan fingerprint density at radius 3 is 2.53 bits per heavy atom. The summed E-state index contributed by atoms with van der Waals surface area (Å²) >= 11 is 0. The average Bonchev–Trinajstić information content (AvgIpc) is 2.16. The highest BCUT2D eigenvalue weighted by atomic mass is 19.1. The Hall–Kier alpha value is -1.09. The molecule has 1 aromatic rings. The molecule has 1 rings (SSSR count). The van der Waals surface area contributed by atoms with Gasteiger partial charge in [-0.2, -0.15) is 0 Å². The molecule has 0 heterocycles. The maximum atomic E-state index is 13.3. The maximum absolute atomic E-state index is 13.3. The standard InChI is InChI=1S/C12H17FO2/c1-8(14)7-10-5-4-6-11(9(2)13)12(10)15-3/h4-6,8-9,14H,7H2,1-3H3. The molecule has 0 aliphatic carbocycles. The largest absolute Gasteiger partial charge is 0.496 e. The quantitative estimate of drug-likeness (QED) is 0.831. The molecule has 0 fully saturated rings. The predicted molar refractivity (Wildman–Crippen MR) is 57.9 cm³/mol. The number of hydrogen-bond acceptors (Lipinski definition) is 2. The second-order valence-corrected chi connectivity index (χ2v) is 3.71. The minimum Gasteiger partial charge on any atom is -0.496 e. The Morgan fingerprint density at radius 2 is 2.07 bits per heavy atom. The molecule has 0 saturated carbocycles. The summed E-state index contributed by atoms with van der Waals surface area (Å²) in [6.07, 6.45) is -1.04. The van der Waals surface area contributed by atoms with Gasteiger partial charge in [0.25, 0.3) is 0 Å². The van der Waals surface area contributed by atoms with Crippen molar-refractivity contribution in [3.8, 4) is 5.75 Å². The van der Waals surface area contributed by atoms with Crippen LogP contribution in [0.1, 0.15) is 31.1 Å². The van der Waals surface area contributed by atoms with E-state index in [1.165, 1.54) is 14.0 Å². The highest BCUT2D eigenvalue weighted by molar-refractivity contribution is 5.43. The van der Waals surface area contributed by atoms with Gasteiger partial charge in [0.2, 0.25) is 0 Å². The Bertz CT molecular complexity index is 321. The molecule has 0 amide bonds. The SMILES string of the molecule is COc1c(CC(C)O)cccc1C(C)F. The third-order valence-electron chi connectivity index (χ3n) is 2.28. The van der Waals surface area contributed by atoms with Gasteiger partial charge in [0.15, 0.2) is 0 Å². The first-order chi connectivity index (χ1) is 7.06. The molecular formula is C12H17FO2. The van der Waals surface area contributed by atoms with E-state index in [0.717, 1.165) is 5.56 Å². The summed E-state index contributed by atoms with van der Waals surface area (Å²) in [6.45, 7) is 3.18. The van der Waals surface area contributed by atoms with Gasteiger partial charge in [0.05, 0.1) is 13.2 Å². The number of benzene rings is 1. The van der Waals surface area contributed by atoms with Gasteiger partial charge < -0.3 is 9.84 Å². The first kappa shape index (κ1) is 12.0. The number of ether oxygens (including phenoxy) is 1. The second kappa shape index (κ2) is 5.12. The Kier molecular flexibility index (Phi) is 4.09. The summed E-state index contributed by atoms with van der Waals surface area (Å²) in [5, 5.41) is 9.31. The molecular weight excluding hydrogens is 195 g/mol. The van der Waals surface area contributed by atoms with Crippen molar-refractivity contribution < 1.29 is 14.2 Å². The molecule has 1 N–H and O–H groups in total. The molecule has 84 valence electrons. The Balaban J connectivity index is 3.10. The van der Waals surface area contributed by atoms with Crippen LogP contribution in [0.25, 0.3) is 0 Å². The van der Waals surface area contributed by atoms with Crippen molar-refractivity contribution >= 4 is 0 Å². The Labute approximate surface area is 89.7 Å². The van der Waals surface area contributed by atoms with Crippen LogP contribution in [0.15, 0.2) is 18.2 Å². The molecule has 15 heavy (non-hydrogen) atoms. The van der Waals surface area contributed by atoms with Gasteiger partial charge >= 0.3 is 0 Å². The number of halogens is 1. The molecule has 0 saturated heterocycles. The number of rotatable bonds is 4. The predicted octanol–water partition coefficient (Wildman–Crippen LogP) is 2.65. The van der Waals surface area contributed by atoms with Gasteiger partial charge in [-0.1, -0.05) is 18.2 Å². The van der Waals surface area contributed by atoms with E-state index in [0.29, 0.717) is 17.7 Å². The summed E-state index contributed by atoms with van der Waals surface area (Å²) in [7, 11) is 1.52. The summed E-state index contributed by atoms with van der Waals surface area (Å²) in [4.78, 5) is 0. The van der Waals surface area contributed by atoms with Gasteiger partial charge in [-0.05, 0) is 19.4 Å². The second-order valence-electron chi connectivity index (χ2n) is 3.71. The van der Waals surface area contributed by atoms with Crippen LogP contribution >= 0.6 is 0 Å². The third-order valence-corrected chi connectivity index (χ3v) is 2.28. The molecule has 2 atom stereocenters. The molecule has 0 aromatic heterocycles. The van der Waals surface area contributed by atoms with E-state index in [1.54, 1.807) is 19.1 Å². The number of aliphatic hydroxyl groups excluding tert-OH is 1. The van der Waals surface area contributed by atoms with Crippen molar-refractivity contribution in [1.29, 1.82) is 0 Å². The van der Waals surface area contributed by atoms with E-state index in [2.05, 4.69) is 0 Å². The van der Waals surface area contributed by atoms with Crippen molar-refractivity contribution in [3.63, 3.8) is 0 Å². The summed E-state index contributed by atoms with van der Waals surface area (Å²) in [5.41, 5.74) is 1.38. The molecule has 1 aromatic carbocycles. The zero-order chi connectivity index (χ0) is 11.4. The summed E-state index contributed by atoms with van der Waals surface area (Å²) in [6, 6.07) is 5.33. The molecule has 3 heteroatoms. The minimum absolute atomic E-state index is 0.455. The fourth-order valence-electron chi connectivity index (χ4n) is 1.65. The van der Waals surface area contributed by atoms with Crippen molar-refractivity contribution in [2.75, 3.05) is 7.11 Å². The molecule has 0 aliphatic heterocycles. The summed E-state index contributed by atoms with van der Waals surface area (Å²) in [5.74, 6) is 0.549. The van der Waals surface area contributed by atoms with E-state index < -0.39 is 12.3 Å². The molecule has 0 spiro atoms. The lowest BCUT2D eigenvalue weighted by molar-refractivity contribution is 0.194. The maximum Gasteiger partial charge on any atom is 0.128 e. The first-order valence-electron chi connectivity index (χ1n) is 5.04. The van der Waals surface area contributed by atoms with E-state index in [-0.39, 0.29) is 0 Å². The monoisotopic (exact) mass is 212 g/mol. The Morgan fingerprint density at radius 1 is 1.40 bits per heavy atom. The number of methoxy groups -OCH3 is 1. The van der Waals surface area contributed by atoms with Crippen LogP contribution in [-0.2, 0) is 6.42 Å². The number of aliphatic hydroxyl groups is 1. The fraction of sp³-hybridized carbons (Fsp3) is 0.500. The number of hydrogen-bond donors (Lipinski definition) is 1. The lowest BCUT2D eigenvalue weighted by atomic mass is 10.0. The number of para-hydroxylation sites is 1. The van der Waals surface area contributed by atoms with Crippen LogP contribution in [0.5, 0.6) is 5.75 Å². The first-order valence-corrected chi connectivity index (χ1v) is 5.04. The van der Waals surface area contributed by atoms with Gasteiger partial charge in [0, 0.05) is 12.0 Å². The molecule has 2 nitrogen and oxygen atoms in total. The van der Waals surface area contributed by atoms with Crippen molar-refractivity contribution in [3.05, 3.63) is 29.3 Å². The lowest BCUT2D eigenvalue weighted by Crippen LogP contribution is -2.07. The zero-order valence-corrected chi connectivity index (χ0v) is 9.33. The van der Waals surface area contributed by atoms with Crippen LogP contribution in [0.4, 0.5) is 4.39 Å². The number of alkyl halides is 1. The van der Waals surface area contributed by atoms with Crippen LogP contribution in [0.2, 0.25) is 0 Å². The van der Waals surface area contributed by atoms with E-state index in [9.17, 15) is 9.50 Å². The topological polar surface area (TPSA) is 29.5 Å². The highest BCUT2D eigenvalue weighted by Gasteiger charge is 2.14. The zero-order valence-electron chi connectivity index (χ0n) is 9.33. The van der Waals surface area contributed by atoms with Crippen LogP contribution in [-0.4, -0.2) is 18.3 Å². The van der Waals surface area contributed by atoms with Gasteiger partial charge in [-0.3, -0.25) is 0 Å². The minimum atomic E-state index is -1.06. The van der Waals surface area contributed by atoms with Gasteiger partial charge in [-0.15, -0.1) is 0 Å². The van der Waals surface area contributed by atoms with Crippen LogP contribution < -0.4 is 4.74 Å². The average molecular weight is 212 g/mol. The fourth-order valence-corrected chi connectivity index (χ4v) is 1.65. The third kappa shape index (κ3) is 2.93. The molecule has 0 radical (unpaired) electrons. The van der Waals surface area contributed by atoms with Crippen molar-refractivity contribution in [2.45, 2.75) is 32.5 Å².